The van der Waals surface area contributed by atoms with Gasteiger partial charge >= 0.3 is 0 Å². The SMILES string of the molecule is CCSC1CCC(NC(=O)c2cccc(F)c2F)C1. The molecule has 0 radical (unpaired) electrons. The topological polar surface area (TPSA) is 29.1 Å². The molecule has 0 saturated heterocycles. The first-order valence-electron chi connectivity index (χ1n) is 6.48. The standard InChI is InChI=1S/C14H17F2NOS/c1-2-19-10-7-6-9(8-10)17-14(18)11-4-3-5-12(15)13(11)16/h3-5,9-10H,2,6-8H2,1H3,(H,17,18). The second kappa shape index (κ2) is 6.37. The zero-order valence-electron chi connectivity index (χ0n) is 10.8. The molecule has 1 aromatic rings. The number of halogens is 2. The van der Waals surface area contributed by atoms with Gasteiger partial charge in [-0.1, -0.05) is 13.0 Å². The van der Waals surface area contributed by atoms with Gasteiger partial charge in [0.2, 0.25) is 0 Å². The molecule has 2 unspecified atom stereocenters. The third-order valence-electron chi connectivity index (χ3n) is 3.32. The van der Waals surface area contributed by atoms with Crippen LogP contribution in [0.1, 0.15) is 36.5 Å². The van der Waals surface area contributed by atoms with Crippen LogP contribution in [0.2, 0.25) is 0 Å². The van der Waals surface area contributed by atoms with E-state index in [0.29, 0.717) is 5.25 Å². The van der Waals surface area contributed by atoms with Gasteiger partial charge in [-0.25, -0.2) is 8.78 Å². The van der Waals surface area contributed by atoms with E-state index in [1.165, 1.54) is 12.1 Å². The van der Waals surface area contributed by atoms with Gasteiger partial charge in [-0.15, -0.1) is 0 Å². The number of carbonyl (C=O) groups excluding carboxylic acids is 1. The van der Waals surface area contributed by atoms with Crippen molar-refractivity contribution in [2.24, 2.45) is 0 Å². The van der Waals surface area contributed by atoms with Crippen LogP contribution in [0.5, 0.6) is 0 Å². The molecule has 0 aromatic heterocycles. The van der Waals surface area contributed by atoms with Crippen LogP contribution in [0.4, 0.5) is 8.78 Å². The van der Waals surface area contributed by atoms with E-state index in [9.17, 15) is 13.6 Å². The molecule has 104 valence electrons. The van der Waals surface area contributed by atoms with Crippen molar-refractivity contribution in [3.05, 3.63) is 35.4 Å². The number of rotatable bonds is 4. The lowest BCUT2D eigenvalue weighted by molar-refractivity contribution is 0.0933. The molecule has 0 bridgehead atoms. The van der Waals surface area contributed by atoms with Crippen LogP contribution < -0.4 is 5.32 Å². The number of hydrogen-bond acceptors (Lipinski definition) is 2. The number of carbonyl (C=O) groups is 1. The van der Waals surface area contributed by atoms with Crippen molar-refractivity contribution in [2.75, 3.05) is 5.75 Å². The fraction of sp³-hybridized carbons (Fsp3) is 0.500. The van der Waals surface area contributed by atoms with E-state index in [1.807, 2.05) is 11.8 Å². The molecule has 1 amide bonds. The lowest BCUT2D eigenvalue weighted by Gasteiger charge is -2.13. The summed E-state index contributed by atoms with van der Waals surface area (Å²) in [5.74, 6) is -1.52. The molecule has 1 aliphatic carbocycles. The maximum atomic E-state index is 13.5. The highest BCUT2D eigenvalue weighted by Gasteiger charge is 2.27. The summed E-state index contributed by atoms with van der Waals surface area (Å²) >= 11 is 1.89. The van der Waals surface area contributed by atoms with E-state index in [-0.39, 0.29) is 11.6 Å². The van der Waals surface area contributed by atoms with Crippen LogP contribution in [0.15, 0.2) is 18.2 Å². The van der Waals surface area contributed by atoms with E-state index in [2.05, 4.69) is 12.2 Å². The predicted molar refractivity (Wildman–Crippen MR) is 73.4 cm³/mol. The van der Waals surface area contributed by atoms with Gasteiger partial charge in [-0.05, 0) is 37.1 Å². The highest BCUT2D eigenvalue weighted by molar-refractivity contribution is 7.99. The summed E-state index contributed by atoms with van der Waals surface area (Å²) in [6.45, 7) is 2.11. The Kier molecular flexibility index (Phi) is 4.80. The zero-order chi connectivity index (χ0) is 13.8. The maximum Gasteiger partial charge on any atom is 0.254 e. The van der Waals surface area contributed by atoms with Gasteiger partial charge < -0.3 is 5.32 Å². The number of benzene rings is 1. The quantitative estimate of drug-likeness (QED) is 0.919. The van der Waals surface area contributed by atoms with Crippen LogP contribution in [0, 0.1) is 11.6 Å². The summed E-state index contributed by atoms with van der Waals surface area (Å²) in [6, 6.07) is 3.73. The van der Waals surface area contributed by atoms with Gasteiger partial charge in [0.15, 0.2) is 11.6 Å². The van der Waals surface area contributed by atoms with Crippen LogP contribution in [0.3, 0.4) is 0 Å². The molecule has 1 aromatic carbocycles. The minimum absolute atomic E-state index is 0.0687. The van der Waals surface area contributed by atoms with Gasteiger partial charge in [0.25, 0.3) is 5.91 Å². The number of thioether (sulfide) groups is 1. The molecule has 5 heteroatoms. The molecule has 0 heterocycles. The van der Waals surface area contributed by atoms with Crippen LogP contribution in [0.25, 0.3) is 0 Å². The summed E-state index contributed by atoms with van der Waals surface area (Å²) < 4.78 is 26.5. The lowest BCUT2D eigenvalue weighted by Crippen LogP contribution is -2.33. The average molecular weight is 285 g/mol. The van der Waals surface area contributed by atoms with Crippen molar-refractivity contribution in [1.29, 1.82) is 0 Å². The molecular weight excluding hydrogens is 268 g/mol. The molecule has 1 aliphatic rings. The molecular formula is C14H17F2NOS. The van der Waals surface area contributed by atoms with E-state index in [1.54, 1.807) is 0 Å². The van der Waals surface area contributed by atoms with E-state index in [0.717, 1.165) is 31.1 Å². The summed E-state index contributed by atoms with van der Waals surface area (Å²) in [5.41, 5.74) is -0.216. The Hall–Kier alpha value is -1.10. The first-order valence-corrected chi connectivity index (χ1v) is 7.53. The minimum Gasteiger partial charge on any atom is -0.349 e. The Bertz CT molecular complexity index is 467. The maximum absolute atomic E-state index is 13.5. The average Bonchev–Trinajstić information content (AvgIpc) is 2.80. The fourth-order valence-corrected chi connectivity index (χ4v) is 3.54. The Labute approximate surface area is 116 Å². The monoisotopic (exact) mass is 285 g/mol. The van der Waals surface area contributed by atoms with Gasteiger partial charge in [-0.3, -0.25) is 4.79 Å². The zero-order valence-corrected chi connectivity index (χ0v) is 11.6. The first kappa shape index (κ1) is 14.3. The smallest absolute Gasteiger partial charge is 0.254 e. The summed E-state index contributed by atoms with van der Waals surface area (Å²) in [5, 5.41) is 3.36. The van der Waals surface area contributed by atoms with Gasteiger partial charge in [-0.2, -0.15) is 11.8 Å². The molecule has 2 atom stereocenters. The third-order valence-corrected chi connectivity index (χ3v) is 4.55. The molecule has 2 rings (SSSR count). The second-order valence-corrected chi connectivity index (χ2v) is 6.24. The molecule has 1 fully saturated rings. The first-order chi connectivity index (χ1) is 9.11. The van der Waals surface area contributed by atoms with Gasteiger partial charge in [0.05, 0.1) is 5.56 Å². The van der Waals surface area contributed by atoms with Gasteiger partial charge in [0, 0.05) is 11.3 Å². The lowest BCUT2D eigenvalue weighted by atomic mass is 10.1. The fourth-order valence-electron chi connectivity index (χ4n) is 2.40. The molecule has 0 spiro atoms. The number of amides is 1. The van der Waals surface area contributed by atoms with Crippen LogP contribution in [-0.2, 0) is 0 Å². The van der Waals surface area contributed by atoms with Crippen LogP contribution in [-0.4, -0.2) is 23.0 Å². The minimum atomic E-state index is -1.07. The Morgan fingerprint density at radius 3 is 2.95 bits per heavy atom. The van der Waals surface area contributed by atoms with Crippen molar-refractivity contribution in [3.8, 4) is 0 Å². The normalized spacial score (nSPS) is 22.5. The van der Waals surface area contributed by atoms with E-state index >= 15 is 0 Å². The Morgan fingerprint density at radius 1 is 1.42 bits per heavy atom. The van der Waals surface area contributed by atoms with Crippen molar-refractivity contribution < 1.29 is 13.6 Å². The van der Waals surface area contributed by atoms with Crippen LogP contribution >= 0.6 is 11.8 Å². The van der Waals surface area contributed by atoms with E-state index in [4.69, 9.17) is 0 Å². The van der Waals surface area contributed by atoms with Crippen molar-refractivity contribution in [2.45, 2.75) is 37.5 Å². The number of hydrogen-bond donors (Lipinski definition) is 1. The summed E-state index contributed by atoms with van der Waals surface area (Å²) in [4.78, 5) is 11.9. The summed E-state index contributed by atoms with van der Waals surface area (Å²) in [6.07, 6.45) is 2.87. The largest absolute Gasteiger partial charge is 0.349 e. The molecule has 19 heavy (non-hydrogen) atoms. The molecule has 0 aliphatic heterocycles. The highest BCUT2D eigenvalue weighted by Crippen LogP contribution is 2.29. The van der Waals surface area contributed by atoms with Crippen molar-refractivity contribution >= 4 is 17.7 Å². The highest BCUT2D eigenvalue weighted by atomic mass is 32.2. The number of nitrogens with one attached hydrogen (secondary N) is 1. The second-order valence-electron chi connectivity index (χ2n) is 4.66. The Balaban J connectivity index is 1.97. The van der Waals surface area contributed by atoms with Crippen molar-refractivity contribution in [3.63, 3.8) is 0 Å². The van der Waals surface area contributed by atoms with Crippen molar-refractivity contribution in [1.82, 2.24) is 5.32 Å². The molecule has 1 N–H and O–H groups in total. The van der Waals surface area contributed by atoms with E-state index < -0.39 is 17.5 Å². The predicted octanol–water partition coefficient (Wildman–Crippen LogP) is 3.37. The third kappa shape index (κ3) is 3.47. The van der Waals surface area contributed by atoms with Gasteiger partial charge in [0.1, 0.15) is 0 Å². The summed E-state index contributed by atoms with van der Waals surface area (Å²) in [7, 11) is 0. The molecule has 2 nitrogen and oxygen atoms in total. The molecule has 1 saturated carbocycles. The Morgan fingerprint density at radius 2 is 2.21 bits per heavy atom.